The Labute approximate surface area is 101 Å². The van der Waals surface area contributed by atoms with E-state index in [0.29, 0.717) is 12.2 Å². The normalized spacial score (nSPS) is 18.3. The van der Waals surface area contributed by atoms with Crippen molar-refractivity contribution in [2.45, 2.75) is 31.1 Å². The highest BCUT2D eigenvalue weighted by atomic mass is 16.5. The summed E-state index contributed by atoms with van der Waals surface area (Å²) in [5, 5.41) is 4.21. The van der Waals surface area contributed by atoms with E-state index >= 15 is 0 Å². The Hall–Kier alpha value is -1.36. The number of rotatable bonds is 3. The maximum atomic E-state index is 11.5. The first-order chi connectivity index (χ1) is 8.13. The summed E-state index contributed by atoms with van der Waals surface area (Å²) in [6.45, 7) is 0.604. The molecule has 1 fully saturated rings. The second-order valence-electron chi connectivity index (χ2n) is 4.72. The van der Waals surface area contributed by atoms with Crippen molar-refractivity contribution in [2.24, 2.45) is 12.8 Å². The van der Waals surface area contributed by atoms with Crippen molar-refractivity contribution in [3.8, 4) is 0 Å². The van der Waals surface area contributed by atoms with Crippen molar-refractivity contribution in [1.82, 2.24) is 9.78 Å². The fourth-order valence-electron chi connectivity index (χ4n) is 2.78. The SMILES string of the molecule is COC(=O)c1cc(C2(CN)CCCC2)n(C)n1. The van der Waals surface area contributed by atoms with E-state index in [0.717, 1.165) is 18.5 Å². The summed E-state index contributed by atoms with van der Waals surface area (Å²) in [5.41, 5.74) is 7.34. The minimum Gasteiger partial charge on any atom is -0.464 e. The topological polar surface area (TPSA) is 70.1 Å². The van der Waals surface area contributed by atoms with E-state index in [9.17, 15) is 4.79 Å². The number of nitrogens with zero attached hydrogens (tertiary/aromatic N) is 2. The van der Waals surface area contributed by atoms with Gasteiger partial charge >= 0.3 is 5.97 Å². The molecule has 0 unspecified atom stereocenters. The van der Waals surface area contributed by atoms with Crippen LogP contribution in [0.1, 0.15) is 41.9 Å². The van der Waals surface area contributed by atoms with Gasteiger partial charge in [0.25, 0.3) is 0 Å². The number of ether oxygens (including phenoxy) is 1. The molecule has 2 rings (SSSR count). The largest absolute Gasteiger partial charge is 0.464 e. The van der Waals surface area contributed by atoms with Gasteiger partial charge in [-0.1, -0.05) is 12.8 Å². The molecule has 94 valence electrons. The highest BCUT2D eigenvalue weighted by Crippen LogP contribution is 2.40. The summed E-state index contributed by atoms with van der Waals surface area (Å²) < 4.78 is 6.46. The van der Waals surface area contributed by atoms with Crippen molar-refractivity contribution >= 4 is 5.97 Å². The van der Waals surface area contributed by atoms with Gasteiger partial charge in [-0.15, -0.1) is 0 Å². The predicted molar refractivity (Wildman–Crippen MR) is 63.7 cm³/mol. The zero-order valence-corrected chi connectivity index (χ0v) is 10.4. The van der Waals surface area contributed by atoms with Crippen LogP contribution in [-0.4, -0.2) is 29.4 Å². The van der Waals surface area contributed by atoms with Crippen molar-refractivity contribution in [3.05, 3.63) is 17.5 Å². The van der Waals surface area contributed by atoms with E-state index in [-0.39, 0.29) is 5.41 Å². The van der Waals surface area contributed by atoms with Crippen LogP contribution in [0.2, 0.25) is 0 Å². The fraction of sp³-hybridized carbons (Fsp3) is 0.667. The van der Waals surface area contributed by atoms with E-state index < -0.39 is 5.97 Å². The van der Waals surface area contributed by atoms with Crippen LogP contribution in [0, 0.1) is 0 Å². The average molecular weight is 237 g/mol. The molecule has 5 heteroatoms. The Morgan fingerprint density at radius 1 is 1.59 bits per heavy atom. The number of carbonyl (C=O) groups excluding carboxylic acids is 1. The second kappa shape index (κ2) is 4.49. The lowest BCUT2D eigenvalue weighted by molar-refractivity contribution is 0.0593. The zero-order chi connectivity index (χ0) is 12.5. The number of aryl methyl sites for hydroxylation is 1. The summed E-state index contributed by atoms with van der Waals surface area (Å²) in [4.78, 5) is 11.5. The van der Waals surface area contributed by atoms with Crippen LogP contribution in [0.5, 0.6) is 0 Å². The third-order valence-corrected chi connectivity index (χ3v) is 3.77. The first-order valence-electron chi connectivity index (χ1n) is 5.96. The molecule has 5 nitrogen and oxygen atoms in total. The number of nitrogens with two attached hydrogens (primary N) is 1. The van der Waals surface area contributed by atoms with Crippen LogP contribution in [-0.2, 0) is 17.2 Å². The Morgan fingerprint density at radius 2 is 2.24 bits per heavy atom. The quantitative estimate of drug-likeness (QED) is 0.795. The lowest BCUT2D eigenvalue weighted by atomic mass is 9.82. The van der Waals surface area contributed by atoms with Crippen molar-refractivity contribution in [2.75, 3.05) is 13.7 Å². The Bertz CT molecular complexity index is 419. The second-order valence-corrected chi connectivity index (χ2v) is 4.72. The fourth-order valence-corrected chi connectivity index (χ4v) is 2.78. The smallest absolute Gasteiger partial charge is 0.358 e. The molecule has 0 aromatic carbocycles. The third kappa shape index (κ3) is 1.95. The lowest BCUT2D eigenvalue weighted by Gasteiger charge is -2.27. The molecule has 1 aromatic heterocycles. The van der Waals surface area contributed by atoms with E-state index in [1.165, 1.54) is 20.0 Å². The standard InChI is InChI=1S/C12H19N3O2/c1-15-10(7-9(14-15)11(16)17-2)12(8-13)5-3-4-6-12/h7H,3-6,8,13H2,1-2H3. The van der Waals surface area contributed by atoms with E-state index in [1.807, 2.05) is 13.1 Å². The van der Waals surface area contributed by atoms with Crippen molar-refractivity contribution < 1.29 is 9.53 Å². The van der Waals surface area contributed by atoms with Gasteiger partial charge in [-0.25, -0.2) is 4.79 Å². The molecular formula is C12H19N3O2. The average Bonchev–Trinajstić information content (AvgIpc) is 2.95. The molecule has 0 radical (unpaired) electrons. The molecule has 0 amide bonds. The molecule has 0 aliphatic heterocycles. The highest BCUT2D eigenvalue weighted by Gasteiger charge is 2.37. The van der Waals surface area contributed by atoms with E-state index in [1.54, 1.807) is 4.68 Å². The molecule has 17 heavy (non-hydrogen) atoms. The summed E-state index contributed by atoms with van der Waals surface area (Å²) in [7, 11) is 3.22. The number of hydrogen-bond donors (Lipinski definition) is 1. The van der Waals surface area contributed by atoms with Gasteiger partial charge in [0.1, 0.15) is 0 Å². The molecule has 1 saturated carbocycles. The molecule has 0 atom stereocenters. The number of hydrogen-bond acceptors (Lipinski definition) is 4. The van der Waals surface area contributed by atoms with Gasteiger partial charge in [-0.3, -0.25) is 4.68 Å². The third-order valence-electron chi connectivity index (χ3n) is 3.77. The molecule has 1 aliphatic rings. The van der Waals surface area contributed by atoms with Gasteiger partial charge in [-0.2, -0.15) is 5.10 Å². The van der Waals surface area contributed by atoms with Gasteiger partial charge in [0.05, 0.1) is 7.11 Å². The van der Waals surface area contributed by atoms with Crippen molar-refractivity contribution in [1.29, 1.82) is 0 Å². The Balaban J connectivity index is 2.38. The zero-order valence-electron chi connectivity index (χ0n) is 10.4. The van der Waals surface area contributed by atoms with Gasteiger partial charge < -0.3 is 10.5 Å². The highest BCUT2D eigenvalue weighted by molar-refractivity contribution is 5.87. The minimum absolute atomic E-state index is 0.00593. The molecular weight excluding hydrogens is 218 g/mol. The van der Waals surface area contributed by atoms with Crippen LogP contribution in [0.4, 0.5) is 0 Å². The van der Waals surface area contributed by atoms with Crippen LogP contribution in [0.15, 0.2) is 6.07 Å². The van der Waals surface area contributed by atoms with Crippen molar-refractivity contribution in [3.63, 3.8) is 0 Å². The van der Waals surface area contributed by atoms with Gasteiger partial charge in [-0.05, 0) is 18.9 Å². The maximum absolute atomic E-state index is 11.5. The summed E-state index contributed by atoms with van der Waals surface area (Å²) in [6, 6.07) is 1.82. The molecule has 2 N–H and O–H groups in total. The summed E-state index contributed by atoms with van der Waals surface area (Å²) >= 11 is 0. The molecule has 1 heterocycles. The lowest BCUT2D eigenvalue weighted by Crippen LogP contribution is -2.34. The number of methoxy groups -OCH3 is 1. The molecule has 0 spiro atoms. The molecule has 0 bridgehead atoms. The van der Waals surface area contributed by atoms with Crippen LogP contribution in [0.25, 0.3) is 0 Å². The Kier molecular flexibility index (Phi) is 3.19. The van der Waals surface area contributed by atoms with Gasteiger partial charge in [0, 0.05) is 24.7 Å². The van der Waals surface area contributed by atoms with E-state index in [4.69, 9.17) is 5.73 Å². The number of carbonyl (C=O) groups is 1. The van der Waals surface area contributed by atoms with Crippen LogP contribution >= 0.6 is 0 Å². The van der Waals surface area contributed by atoms with Gasteiger partial charge in [0.15, 0.2) is 5.69 Å². The van der Waals surface area contributed by atoms with Crippen LogP contribution < -0.4 is 5.73 Å². The maximum Gasteiger partial charge on any atom is 0.358 e. The minimum atomic E-state index is -0.392. The molecule has 1 aliphatic carbocycles. The monoisotopic (exact) mass is 237 g/mol. The van der Waals surface area contributed by atoms with Gasteiger partial charge in [0.2, 0.25) is 0 Å². The predicted octanol–water partition coefficient (Wildman–Crippen LogP) is 0.977. The first-order valence-corrected chi connectivity index (χ1v) is 5.96. The molecule has 1 aromatic rings. The summed E-state index contributed by atoms with van der Waals surface area (Å²) in [5.74, 6) is -0.392. The number of aromatic nitrogens is 2. The first kappa shape index (κ1) is 12.1. The Morgan fingerprint density at radius 3 is 2.76 bits per heavy atom. The van der Waals surface area contributed by atoms with E-state index in [2.05, 4.69) is 9.84 Å². The molecule has 0 saturated heterocycles. The van der Waals surface area contributed by atoms with Crippen LogP contribution in [0.3, 0.4) is 0 Å². The number of esters is 1. The summed E-state index contributed by atoms with van der Waals surface area (Å²) in [6.07, 6.45) is 4.53.